The van der Waals surface area contributed by atoms with E-state index in [1.807, 2.05) is 59.5 Å². The molecule has 5 heteroatoms. The summed E-state index contributed by atoms with van der Waals surface area (Å²) in [7, 11) is 0. The Balaban J connectivity index is 1.27. The normalized spacial score (nSPS) is 23.3. The lowest BCUT2D eigenvalue weighted by atomic mass is 9.95. The molecule has 2 saturated heterocycles. The van der Waals surface area contributed by atoms with Gasteiger partial charge in [-0.2, -0.15) is 0 Å². The van der Waals surface area contributed by atoms with Crippen molar-refractivity contribution in [1.82, 2.24) is 9.80 Å². The lowest BCUT2D eigenvalue weighted by Gasteiger charge is -2.39. The second-order valence-corrected chi connectivity index (χ2v) is 8.65. The molecule has 0 bridgehead atoms. The average molecular weight is 409 g/mol. The minimum atomic E-state index is 0.119. The molecule has 0 unspecified atom stereocenters. The predicted molar refractivity (Wildman–Crippen MR) is 118 cm³/mol. The molecule has 2 atom stereocenters. The van der Waals surface area contributed by atoms with Gasteiger partial charge in [-0.15, -0.1) is 0 Å². The maximum absolute atomic E-state index is 12.9. The third-order valence-electron chi connectivity index (χ3n) is 5.99. The fourth-order valence-electron chi connectivity index (χ4n) is 4.59. The first-order valence-electron chi connectivity index (χ1n) is 11.1. The van der Waals surface area contributed by atoms with Crippen LogP contribution in [0.25, 0.3) is 0 Å². The summed E-state index contributed by atoms with van der Waals surface area (Å²) in [6.07, 6.45) is 2.76. The van der Waals surface area contributed by atoms with E-state index in [1.54, 1.807) is 0 Å². The van der Waals surface area contributed by atoms with E-state index < -0.39 is 0 Å². The van der Waals surface area contributed by atoms with E-state index >= 15 is 0 Å². The zero-order valence-corrected chi connectivity index (χ0v) is 18.0. The van der Waals surface area contributed by atoms with Crippen molar-refractivity contribution in [2.24, 2.45) is 5.92 Å². The molecule has 2 aromatic carbocycles. The molecule has 2 fully saturated rings. The van der Waals surface area contributed by atoms with E-state index in [0.29, 0.717) is 18.1 Å². The number of morpholine rings is 1. The second kappa shape index (κ2) is 9.63. The van der Waals surface area contributed by atoms with Gasteiger partial charge in [0.15, 0.2) is 0 Å². The molecule has 2 heterocycles. The first kappa shape index (κ1) is 20.9. The Labute approximate surface area is 179 Å². The number of carbonyl (C=O) groups excluding carboxylic acids is 1. The number of hydrogen-bond acceptors (Lipinski definition) is 4. The quantitative estimate of drug-likeness (QED) is 0.734. The number of likely N-dealkylation sites (tertiary alicyclic amines) is 1. The Morgan fingerprint density at radius 2 is 1.53 bits per heavy atom. The molecule has 2 aromatic rings. The van der Waals surface area contributed by atoms with Crippen molar-refractivity contribution < 1.29 is 14.3 Å². The molecule has 160 valence electrons. The van der Waals surface area contributed by atoms with Crippen LogP contribution in [-0.2, 0) is 4.74 Å². The highest BCUT2D eigenvalue weighted by molar-refractivity contribution is 5.94. The second-order valence-electron chi connectivity index (χ2n) is 8.65. The van der Waals surface area contributed by atoms with Gasteiger partial charge in [0.05, 0.1) is 12.2 Å². The van der Waals surface area contributed by atoms with Gasteiger partial charge in [0.1, 0.15) is 11.5 Å². The molecule has 0 N–H and O–H groups in total. The van der Waals surface area contributed by atoms with Gasteiger partial charge in [0.25, 0.3) is 5.91 Å². The smallest absolute Gasteiger partial charge is 0.253 e. The number of hydrogen-bond donors (Lipinski definition) is 0. The number of piperidine rings is 1. The minimum Gasteiger partial charge on any atom is -0.457 e. The van der Waals surface area contributed by atoms with Gasteiger partial charge in [-0.05, 0) is 69.0 Å². The molecule has 2 aliphatic rings. The molecule has 5 nitrogen and oxygen atoms in total. The third kappa shape index (κ3) is 5.41. The standard InChI is InChI=1S/C25H32N2O3/c1-19-16-26(17-20(2)29-19)18-21-12-14-27(15-13-21)25(28)22-8-10-24(11-9-22)30-23-6-4-3-5-7-23/h3-11,19-21H,12-18H2,1-2H3/t19-,20+. The molecule has 0 saturated carbocycles. The summed E-state index contributed by atoms with van der Waals surface area (Å²) in [6, 6.07) is 17.1. The first-order chi connectivity index (χ1) is 14.6. The molecule has 2 aliphatic heterocycles. The SMILES string of the molecule is C[C@@H]1CN(CC2CCN(C(=O)c3ccc(Oc4ccccc4)cc3)CC2)C[C@H](C)O1. The number of benzene rings is 2. The van der Waals surface area contributed by atoms with Crippen molar-refractivity contribution in [3.63, 3.8) is 0 Å². The van der Waals surface area contributed by atoms with Crippen molar-refractivity contribution in [3.05, 3.63) is 60.2 Å². The molecule has 0 radical (unpaired) electrons. The minimum absolute atomic E-state index is 0.119. The monoisotopic (exact) mass is 408 g/mol. The number of nitrogens with zero attached hydrogens (tertiary/aromatic N) is 2. The summed E-state index contributed by atoms with van der Waals surface area (Å²) >= 11 is 0. The molecule has 0 aromatic heterocycles. The van der Waals surface area contributed by atoms with Crippen LogP contribution in [0, 0.1) is 5.92 Å². The molecule has 0 aliphatic carbocycles. The van der Waals surface area contributed by atoms with Crippen LogP contribution in [0.3, 0.4) is 0 Å². The molecule has 1 amide bonds. The van der Waals surface area contributed by atoms with Gasteiger partial charge in [-0.3, -0.25) is 9.69 Å². The Morgan fingerprint density at radius 3 is 2.17 bits per heavy atom. The van der Waals surface area contributed by atoms with Crippen LogP contribution in [0.4, 0.5) is 0 Å². The number of rotatable bonds is 5. The Hall–Kier alpha value is -2.37. The van der Waals surface area contributed by atoms with E-state index in [4.69, 9.17) is 9.47 Å². The summed E-state index contributed by atoms with van der Waals surface area (Å²) < 4.78 is 11.7. The van der Waals surface area contributed by atoms with E-state index in [1.165, 1.54) is 0 Å². The maximum atomic E-state index is 12.9. The fourth-order valence-corrected chi connectivity index (χ4v) is 4.59. The van der Waals surface area contributed by atoms with Crippen LogP contribution in [-0.4, -0.2) is 60.6 Å². The lowest BCUT2D eigenvalue weighted by molar-refractivity contribution is -0.0728. The largest absolute Gasteiger partial charge is 0.457 e. The number of para-hydroxylation sites is 1. The van der Waals surface area contributed by atoms with Gasteiger partial charge in [0, 0.05) is 38.3 Å². The van der Waals surface area contributed by atoms with E-state index in [9.17, 15) is 4.79 Å². The van der Waals surface area contributed by atoms with Crippen LogP contribution in [0.2, 0.25) is 0 Å². The fraction of sp³-hybridized carbons (Fsp3) is 0.480. The van der Waals surface area contributed by atoms with Crippen LogP contribution in [0.5, 0.6) is 11.5 Å². The van der Waals surface area contributed by atoms with Crippen molar-refractivity contribution in [3.8, 4) is 11.5 Å². The van der Waals surface area contributed by atoms with Gasteiger partial charge < -0.3 is 14.4 Å². The first-order valence-corrected chi connectivity index (χ1v) is 11.1. The van der Waals surface area contributed by atoms with Gasteiger partial charge >= 0.3 is 0 Å². The molecular formula is C25H32N2O3. The zero-order valence-electron chi connectivity index (χ0n) is 18.0. The third-order valence-corrected chi connectivity index (χ3v) is 5.99. The van der Waals surface area contributed by atoms with Gasteiger partial charge in [0.2, 0.25) is 0 Å². The van der Waals surface area contributed by atoms with Crippen LogP contribution in [0.1, 0.15) is 37.0 Å². The van der Waals surface area contributed by atoms with E-state index in [2.05, 4.69) is 18.7 Å². The van der Waals surface area contributed by atoms with Crippen LogP contribution in [0.15, 0.2) is 54.6 Å². The Morgan fingerprint density at radius 1 is 0.933 bits per heavy atom. The number of amides is 1. The summed E-state index contributed by atoms with van der Waals surface area (Å²) in [4.78, 5) is 17.4. The molecule has 30 heavy (non-hydrogen) atoms. The van der Waals surface area contributed by atoms with Gasteiger partial charge in [-0.25, -0.2) is 0 Å². The van der Waals surface area contributed by atoms with Crippen molar-refractivity contribution in [2.75, 3.05) is 32.7 Å². The van der Waals surface area contributed by atoms with Crippen molar-refractivity contribution >= 4 is 5.91 Å². The molecule has 4 rings (SSSR count). The highest BCUT2D eigenvalue weighted by atomic mass is 16.5. The van der Waals surface area contributed by atoms with Gasteiger partial charge in [-0.1, -0.05) is 18.2 Å². The summed E-state index contributed by atoms with van der Waals surface area (Å²) in [5.74, 6) is 2.31. The van der Waals surface area contributed by atoms with E-state index in [0.717, 1.165) is 62.6 Å². The summed E-state index contributed by atoms with van der Waals surface area (Å²) in [5, 5.41) is 0. The number of carbonyl (C=O) groups is 1. The van der Waals surface area contributed by atoms with Crippen molar-refractivity contribution in [1.29, 1.82) is 0 Å². The van der Waals surface area contributed by atoms with Crippen LogP contribution < -0.4 is 4.74 Å². The maximum Gasteiger partial charge on any atom is 0.253 e. The van der Waals surface area contributed by atoms with Crippen molar-refractivity contribution in [2.45, 2.75) is 38.9 Å². The highest BCUT2D eigenvalue weighted by Gasteiger charge is 2.28. The Bertz CT molecular complexity index is 806. The topological polar surface area (TPSA) is 42.0 Å². The molecule has 0 spiro atoms. The Kier molecular flexibility index (Phi) is 6.70. The lowest BCUT2D eigenvalue weighted by Crippen LogP contribution is -2.48. The van der Waals surface area contributed by atoms with Crippen LogP contribution >= 0.6 is 0 Å². The summed E-state index contributed by atoms with van der Waals surface area (Å²) in [5.41, 5.74) is 0.727. The highest BCUT2D eigenvalue weighted by Crippen LogP contribution is 2.24. The number of ether oxygens (including phenoxy) is 2. The molecular weight excluding hydrogens is 376 g/mol. The van der Waals surface area contributed by atoms with E-state index in [-0.39, 0.29) is 5.91 Å². The summed E-state index contributed by atoms with van der Waals surface area (Å²) in [6.45, 7) is 9.12. The average Bonchev–Trinajstić information content (AvgIpc) is 2.74. The predicted octanol–water partition coefficient (Wildman–Crippen LogP) is 4.44. The zero-order chi connectivity index (χ0) is 20.9.